The van der Waals surface area contributed by atoms with Gasteiger partial charge >= 0.3 is 0 Å². The summed E-state index contributed by atoms with van der Waals surface area (Å²) in [4.78, 5) is 9.75. The van der Waals surface area contributed by atoms with Crippen molar-refractivity contribution in [3.05, 3.63) is 11.4 Å². The minimum Gasteiger partial charge on any atom is -0.369 e. The number of sulfone groups is 1. The third kappa shape index (κ3) is 4.04. The second kappa shape index (κ2) is 6.36. The van der Waals surface area contributed by atoms with E-state index >= 15 is 0 Å². The Morgan fingerprint density at radius 3 is 2.80 bits per heavy atom. The lowest BCUT2D eigenvalue weighted by Crippen LogP contribution is -2.11. The van der Waals surface area contributed by atoms with Gasteiger partial charge < -0.3 is 10.6 Å². The summed E-state index contributed by atoms with van der Waals surface area (Å²) in [5, 5.41) is 9.23. The highest BCUT2D eigenvalue weighted by molar-refractivity contribution is 7.90. The van der Waals surface area contributed by atoms with Crippen LogP contribution in [-0.2, 0) is 9.84 Å². The molecule has 110 valence electrons. The molecule has 0 unspecified atom stereocenters. The van der Waals surface area contributed by atoms with Gasteiger partial charge in [-0.15, -0.1) is 11.3 Å². The van der Waals surface area contributed by atoms with E-state index in [4.69, 9.17) is 0 Å². The fourth-order valence-electron chi connectivity index (χ4n) is 1.77. The SMILES string of the molecule is CCNc1nc(NCCCS(C)(=O)=O)c2ccsc2n1. The zero-order valence-electron chi connectivity index (χ0n) is 11.5. The standard InChI is InChI=1S/C12H18N4O2S2/c1-3-13-12-15-10(9-5-7-19-11(9)16-12)14-6-4-8-20(2,17)18/h5,7H,3-4,6,8H2,1-2H3,(H2,13,14,15,16). The molecule has 20 heavy (non-hydrogen) atoms. The molecule has 0 aliphatic heterocycles. The molecule has 2 rings (SSSR count). The van der Waals surface area contributed by atoms with E-state index in [1.807, 2.05) is 18.4 Å². The summed E-state index contributed by atoms with van der Waals surface area (Å²) in [6, 6.07) is 1.97. The molecule has 2 N–H and O–H groups in total. The van der Waals surface area contributed by atoms with Gasteiger partial charge in [0.25, 0.3) is 0 Å². The maximum Gasteiger partial charge on any atom is 0.226 e. The summed E-state index contributed by atoms with van der Waals surface area (Å²) < 4.78 is 22.2. The van der Waals surface area contributed by atoms with Gasteiger partial charge in [0.15, 0.2) is 0 Å². The number of thiophene rings is 1. The molecule has 0 spiro atoms. The van der Waals surface area contributed by atoms with Crippen LogP contribution in [0.3, 0.4) is 0 Å². The van der Waals surface area contributed by atoms with Crippen LogP contribution in [-0.4, -0.2) is 43.5 Å². The molecule has 0 radical (unpaired) electrons. The van der Waals surface area contributed by atoms with Gasteiger partial charge in [-0.1, -0.05) is 0 Å². The Kier molecular flexibility index (Phi) is 4.77. The van der Waals surface area contributed by atoms with Crippen LogP contribution in [0.1, 0.15) is 13.3 Å². The maximum absolute atomic E-state index is 11.1. The fourth-order valence-corrected chi connectivity index (χ4v) is 3.20. The molecule has 0 saturated heterocycles. The van der Waals surface area contributed by atoms with Gasteiger partial charge in [-0.3, -0.25) is 0 Å². The van der Waals surface area contributed by atoms with Crippen LogP contribution in [0.2, 0.25) is 0 Å². The molecule has 0 bridgehead atoms. The fraction of sp³-hybridized carbons (Fsp3) is 0.500. The number of hydrogen-bond donors (Lipinski definition) is 2. The van der Waals surface area contributed by atoms with Crippen LogP contribution in [0.15, 0.2) is 11.4 Å². The highest BCUT2D eigenvalue weighted by Crippen LogP contribution is 2.26. The molecule has 0 aromatic carbocycles. The van der Waals surface area contributed by atoms with Crippen molar-refractivity contribution < 1.29 is 8.42 Å². The molecule has 0 aliphatic carbocycles. The molecule has 2 aromatic rings. The van der Waals surface area contributed by atoms with Crippen molar-refractivity contribution in [1.82, 2.24) is 9.97 Å². The molecule has 0 amide bonds. The summed E-state index contributed by atoms with van der Waals surface area (Å²) in [5.41, 5.74) is 0. The quantitative estimate of drug-likeness (QED) is 0.760. The summed E-state index contributed by atoms with van der Waals surface area (Å²) in [7, 11) is -2.91. The van der Waals surface area contributed by atoms with Gasteiger partial charge in [0.2, 0.25) is 5.95 Å². The van der Waals surface area contributed by atoms with E-state index in [1.54, 1.807) is 11.3 Å². The Bertz CT molecular complexity index is 682. The Labute approximate surface area is 122 Å². The number of nitrogens with zero attached hydrogens (tertiary/aromatic N) is 2. The van der Waals surface area contributed by atoms with Crippen molar-refractivity contribution in [3.8, 4) is 0 Å². The molecule has 2 aromatic heterocycles. The van der Waals surface area contributed by atoms with Gasteiger partial charge in [-0.05, 0) is 24.8 Å². The number of aromatic nitrogens is 2. The Hall–Kier alpha value is -1.41. The Balaban J connectivity index is 2.09. The van der Waals surface area contributed by atoms with Crippen molar-refractivity contribution in [2.75, 3.05) is 35.7 Å². The highest BCUT2D eigenvalue weighted by Gasteiger charge is 2.08. The summed E-state index contributed by atoms with van der Waals surface area (Å²) >= 11 is 1.56. The molecule has 0 saturated carbocycles. The number of nitrogens with one attached hydrogen (secondary N) is 2. The van der Waals surface area contributed by atoms with E-state index in [9.17, 15) is 8.42 Å². The third-order valence-corrected chi connectivity index (χ3v) is 4.48. The lowest BCUT2D eigenvalue weighted by Gasteiger charge is -2.09. The van der Waals surface area contributed by atoms with Crippen molar-refractivity contribution in [2.45, 2.75) is 13.3 Å². The van der Waals surface area contributed by atoms with Crippen molar-refractivity contribution in [1.29, 1.82) is 0 Å². The average molecular weight is 314 g/mol. The molecule has 0 fully saturated rings. The van der Waals surface area contributed by atoms with Gasteiger partial charge in [0.1, 0.15) is 20.5 Å². The van der Waals surface area contributed by atoms with E-state index in [2.05, 4.69) is 20.6 Å². The maximum atomic E-state index is 11.1. The third-order valence-electron chi connectivity index (χ3n) is 2.64. The number of fused-ring (bicyclic) bond motifs is 1. The van der Waals surface area contributed by atoms with Crippen LogP contribution in [0.5, 0.6) is 0 Å². The van der Waals surface area contributed by atoms with E-state index in [1.165, 1.54) is 6.26 Å². The molecule has 2 heterocycles. The predicted octanol–water partition coefficient (Wildman–Crippen LogP) is 1.97. The first-order chi connectivity index (χ1) is 9.49. The lowest BCUT2D eigenvalue weighted by molar-refractivity contribution is 0.600. The van der Waals surface area contributed by atoms with Crippen LogP contribution < -0.4 is 10.6 Å². The van der Waals surface area contributed by atoms with Gasteiger partial charge in [0.05, 0.1) is 11.1 Å². The van der Waals surface area contributed by atoms with E-state index in [-0.39, 0.29) is 5.75 Å². The molecular weight excluding hydrogens is 296 g/mol. The second-order valence-electron chi connectivity index (χ2n) is 4.48. The minimum atomic E-state index is -2.91. The smallest absolute Gasteiger partial charge is 0.226 e. The number of hydrogen-bond acceptors (Lipinski definition) is 7. The topological polar surface area (TPSA) is 84.0 Å². The van der Waals surface area contributed by atoms with E-state index < -0.39 is 9.84 Å². The minimum absolute atomic E-state index is 0.179. The zero-order chi connectivity index (χ0) is 14.6. The number of anilines is 2. The Morgan fingerprint density at radius 2 is 2.10 bits per heavy atom. The summed E-state index contributed by atoms with van der Waals surface area (Å²) in [6.45, 7) is 3.31. The first-order valence-corrected chi connectivity index (χ1v) is 9.34. The molecule has 0 aliphatic rings. The van der Waals surface area contributed by atoms with Crippen LogP contribution in [0, 0.1) is 0 Å². The second-order valence-corrected chi connectivity index (χ2v) is 7.63. The van der Waals surface area contributed by atoms with Crippen molar-refractivity contribution in [3.63, 3.8) is 0 Å². The zero-order valence-corrected chi connectivity index (χ0v) is 13.1. The first kappa shape index (κ1) is 15.0. The van der Waals surface area contributed by atoms with Gasteiger partial charge in [-0.2, -0.15) is 4.98 Å². The Morgan fingerprint density at radius 1 is 1.30 bits per heavy atom. The monoisotopic (exact) mass is 314 g/mol. The van der Waals surface area contributed by atoms with E-state index in [0.717, 1.165) is 22.6 Å². The van der Waals surface area contributed by atoms with Crippen molar-refractivity contribution in [2.24, 2.45) is 0 Å². The molecule has 8 heteroatoms. The van der Waals surface area contributed by atoms with Gasteiger partial charge in [0, 0.05) is 19.3 Å². The predicted molar refractivity (Wildman–Crippen MR) is 84.4 cm³/mol. The van der Waals surface area contributed by atoms with Crippen LogP contribution in [0.25, 0.3) is 10.2 Å². The summed E-state index contributed by atoms with van der Waals surface area (Å²) in [6.07, 6.45) is 1.81. The number of rotatable bonds is 7. The first-order valence-electron chi connectivity index (χ1n) is 6.40. The van der Waals surface area contributed by atoms with Crippen LogP contribution in [0.4, 0.5) is 11.8 Å². The van der Waals surface area contributed by atoms with Crippen LogP contribution >= 0.6 is 11.3 Å². The van der Waals surface area contributed by atoms with Crippen molar-refractivity contribution >= 4 is 43.2 Å². The normalized spacial score (nSPS) is 11.7. The highest BCUT2D eigenvalue weighted by atomic mass is 32.2. The lowest BCUT2D eigenvalue weighted by atomic mass is 10.3. The average Bonchev–Trinajstić information content (AvgIpc) is 2.82. The van der Waals surface area contributed by atoms with E-state index in [0.29, 0.717) is 18.9 Å². The van der Waals surface area contributed by atoms with Gasteiger partial charge in [-0.25, -0.2) is 13.4 Å². The molecule has 0 atom stereocenters. The summed E-state index contributed by atoms with van der Waals surface area (Å²) in [5.74, 6) is 1.52. The molecular formula is C12H18N4O2S2. The molecule has 6 nitrogen and oxygen atoms in total. The largest absolute Gasteiger partial charge is 0.369 e.